The van der Waals surface area contributed by atoms with Crippen molar-refractivity contribution >= 4 is 8.19 Å². The van der Waals surface area contributed by atoms with Crippen molar-refractivity contribution in [2.24, 2.45) is 0 Å². The number of rotatable bonds is 0. The van der Waals surface area contributed by atoms with Gasteiger partial charge >= 0.3 is 21.7 Å². The average molecular weight is 262 g/mol. The number of halogens is 2. The van der Waals surface area contributed by atoms with Crippen molar-refractivity contribution in [1.29, 1.82) is 0 Å². The Morgan fingerprint density at radius 1 is 0.917 bits per heavy atom. The summed E-state index contributed by atoms with van der Waals surface area (Å²) in [5, 5.41) is 0. The van der Waals surface area contributed by atoms with E-state index in [0.29, 0.717) is 0 Å². The van der Waals surface area contributed by atoms with E-state index in [-0.39, 0.29) is 76.2 Å². The Kier molecular flexibility index (Phi) is 173. The maximum Gasteiger partial charge on any atom is 2.00 e. The second-order valence-electron chi connectivity index (χ2n) is 0.814. The molecule has 1 aromatic rings. The molecule has 1 atom stereocenters. The normalized spacial score (nSPS) is 4.00. The van der Waals surface area contributed by atoms with Crippen LogP contribution in [0.4, 0.5) is 0 Å². The Balaban J connectivity index is -0.00000000714. The van der Waals surface area contributed by atoms with Crippen molar-refractivity contribution < 1.29 is 46.5 Å². The van der Waals surface area contributed by atoms with Crippen LogP contribution in [0, 0.1) is 35.5 Å². The first-order chi connectivity index (χ1) is 2.50. The molecule has 0 fully saturated rings. The summed E-state index contributed by atoms with van der Waals surface area (Å²) in [6.45, 7) is 0. The zero-order valence-electron chi connectivity index (χ0n) is 7.99. The zero-order valence-corrected chi connectivity index (χ0v) is 12.1. The molecule has 0 spiro atoms. The van der Waals surface area contributed by atoms with E-state index in [0.717, 1.165) is 8.19 Å². The summed E-state index contributed by atoms with van der Waals surface area (Å²) in [6, 6.07) is 3.96. The molecule has 0 aliphatic heterocycles. The Morgan fingerprint density at radius 2 is 1.33 bits per heavy atom. The van der Waals surface area contributed by atoms with E-state index in [9.17, 15) is 0 Å². The van der Waals surface area contributed by atoms with Gasteiger partial charge in [-0.05, 0) is 0 Å². The quantitative estimate of drug-likeness (QED) is 0.353. The fraction of sp³-hybridized carbons (Fsp3) is 0. The minimum atomic E-state index is 0. The molecule has 76 valence electrons. The molecule has 4 heteroatoms. The predicted molar refractivity (Wildman–Crippen MR) is 50.4 cm³/mol. The molecule has 1 heterocycles. The average Bonchev–Trinajstić information content (AvgIpc) is 1.76. The van der Waals surface area contributed by atoms with Gasteiger partial charge in [0.25, 0.3) is 0 Å². The minimum absolute atomic E-state index is 0. The van der Waals surface area contributed by atoms with Gasteiger partial charge in [0.15, 0.2) is 0 Å². The summed E-state index contributed by atoms with van der Waals surface area (Å²) in [5.41, 5.74) is 0. The van der Waals surface area contributed by atoms with Crippen molar-refractivity contribution in [3.63, 3.8) is 0 Å². The van der Waals surface area contributed by atoms with Crippen molar-refractivity contribution in [3.8, 4) is 0 Å². The van der Waals surface area contributed by atoms with Gasteiger partial charge in [0.1, 0.15) is 0 Å². The molecule has 0 N–H and O–H groups in total. The molecule has 0 radical (unpaired) electrons. The van der Waals surface area contributed by atoms with Gasteiger partial charge in [-0.3, -0.25) is 8.19 Å². The SMILES string of the molecule is [CH3-].[CH3-].[CH3-].[CH3-].[Cl-].[Cl-].[Ti+2].[c-]1ccc[pH]1. The molecule has 12 heavy (non-hydrogen) atoms. The second kappa shape index (κ2) is 40.1. The van der Waals surface area contributed by atoms with E-state index in [1.807, 2.05) is 12.1 Å². The maximum atomic E-state index is 3.01. The molecule has 0 amide bonds. The van der Waals surface area contributed by atoms with E-state index in [2.05, 4.69) is 11.6 Å². The molecular weight excluding hydrogens is 246 g/mol. The van der Waals surface area contributed by atoms with Crippen LogP contribution in [0.5, 0.6) is 0 Å². The number of hydrogen-bond donors (Lipinski definition) is 0. The molecule has 1 aromatic heterocycles. The van der Waals surface area contributed by atoms with Crippen molar-refractivity contribution in [2.45, 2.75) is 0 Å². The number of hydrogen-bond acceptors (Lipinski definition) is 0. The molecule has 0 aliphatic carbocycles. The molecule has 0 saturated heterocycles. The van der Waals surface area contributed by atoms with Crippen LogP contribution < -0.4 is 24.8 Å². The first kappa shape index (κ1) is 51.7. The minimum Gasteiger partial charge on any atom is -1.00 e. The Bertz CT molecular complexity index is 73.5. The summed E-state index contributed by atoms with van der Waals surface area (Å²) in [6.07, 6.45) is 0. The van der Waals surface area contributed by atoms with Crippen LogP contribution in [-0.4, -0.2) is 0 Å². The zero-order chi connectivity index (χ0) is 3.54. The van der Waals surface area contributed by atoms with Crippen molar-refractivity contribution in [3.05, 3.63) is 53.4 Å². The molecule has 0 aliphatic rings. The van der Waals surface area contributed by atoms with Crippen molar-refractivity contribution in [1.82, 2.24) is 0 Å². The van der Waals surface area contributed by atoms with E-state index >= 15 is 0 Å². The Labute approximate surface area is 108 Å². The third kappa shape index (κ3) is 30.5. The van der Waals surface area contributed by atoms with Crippen LogP contribution in [0.3, 0.4) is 0 Å². The second-order valence-corrected chi connectivity index (χ2v) is 1.73. The van der Waals surface area contributed by atoms with E-state index in [4.69, 9.17) is 0 Å². The molecule has 1 rings (SSSR count). The predicted octanol–water partition coefficient (Wildman–Crippen LogP) is -2.68. The summed E-state index contributed by atoms with van der Waals surface area (Å²) < 4.78 is 0. The summed E-state index contributed by atoms with van der Waals surface area (Å²) in [7, 11) is 0.823. The smallest absolute Gasteiger partial charge is 1.00 e. The van der Waals surface area contributed by atoms with Gasteiger partial charge in [-0.15, -0.1) is 0 Å². The standard InChI is InChI=1S/C4H4P.4CH3.2ClH.Ti/c1-2-4-5-3-1;;;;;;;/h1-3,5H;4*1H3;2*1H;/q5*-1;;;+2/p-2. The fourth-order valence-corrected chi connectivity index (χ4v) is 0.722. The monoisotopic (exact) mass is 261 g/mol. The Morgan fingerprint density at radius 3 is 1.42 bits per heavy atom. The van der Waals surface area contributed by atoms with Crippen LogP contribution in [-0.2, 0) is 21.7 Å². The summed E-state index contributed by atoms with van der Waals surface area (Å²) >= 11 is 0. The fourth-order valence-electron chi connectivity index (χ4n) is 0.241. The van der Waals surface area contributed by atoms with E-state index in [1.165, 1.54) is 0 Å². The van der Waals surface area contributed by atoms with Gasteiger partial charge in [0.2, 0.25) is 0 Å². The van der Waals surface area contributed by atoms with Gasteiger partial charge in [-0.1, -0.05) is 0 Å². The molecule has 0 bridgehead atoms. The van der Waals surface area contributed by atoms with E-state index < -0.39 is 0 Å². The molecule has 0 aromatic carbocycles. The van der Waals surface area contributed by atoms with Crippen LogP contribution in [0.2, 0.25) is 0 Å². The van der Waals surface area contributed by atoms with Crippen LogP contribution in [0.15, 0.2) is 17.9 Å². The largest absolute Gasteiger partial charge is 2.00 e. The molecular formula is C8H16Cl2PTi-5. The first-order valence-electron chi connectivity index (χ1n) is 1.49. The summed E-state index contributed by atoms with van der Waals surface area (Å²) in [4.78, 5) is 0. The third-order valence-corrected chi connectivity index (χ3v) is 1.13. The van der Waals surface area contributed by atoms with Crippen LogP contribution >= 0.6 is 8.19 Å². The molecule has 0 nitrogen and oxygen atoms in total. The van der Waals surface area contributed by atoms with Gasteiger partial charge < -0.3 is 54.5 Å². The maximum absolute atomic E-state index is 3.01. The first-order valence-corrected chi connectivity index (χ1v) is 2.57. The summed E-state index contributed by atoms with van der Waals surface area (Å²) in [5.74, 6) is 5.11. The van der Waals surface area contributed by atoms with Gasteiger partial charge in [-0.2, -0.15) is 17.7 Å². The topological polar surface area (TPSA) is 0 Å². The van der Waals surface area contributed by atoms with Crippen LogP contribution in [0.1, 0.15) is 0 Å². The van der Waals surface area contributed by atoms with E-state index in [1.54, 1.807) is 0 Å². The van der Waals surface area contributed by atoms with Crippen LogP contribution in [0.25, 0.3) is 0 Å². The third-order valence-electron chi connectivity index (χ3n) is 0.442. The molecule has 1 unspecified atom stereocenters. The van der Waals surface area contributed by atoms with Gasteiger partial charge in [0.05, 0.1) is 0 Å². The van der Waals surface area contributed by atoms with Gasteiger partial charge in [0, 0.05) is 0 Å². The Hall–Kier alpha value is 1.07. The molecule has 0 saturated carbocycles. The van der Waals surface area contributed by atoms with Gasteiger partial charge in [-0.25, -0.2) is 6.07 Å². The van der Waals surface area contributed by atoms with Crippen molar-refractivity contribution in [2.75, 3.05) is 0 Å².